The normalized spacial score (nSPS) is 29.5. The van der Waals surface area contributed by atoms with Crippen molar-refractivity contribution in [3.63, 3.8) is 0 Å². The third-order valence-electron chi connectivity index (χ3n) is 1.74. The number of hydrogen-bond donors (Lipinski definition) is 3. The lowest BCUT2D eigenvalue weighted by atomic mass is 10.0. The van der Waals surface area contributed by atoms with Crippen LogP contribution in [-0.2, 0) is 0 Å². The Hall–Kier alpha value is -0.960. The minimum absolute atomic E-state index is 0.377. The number of rotatable bonds is 2. The average molecular weight is 153 g/mol. The molecule has 0 amide bonds. The monoisotopic (exact) mass is 153 g/mol. The van der Waals surface area contributed by atoms with Crippen molar-refractivity contribution in [3.8, 4) is 0 Å². The molecule has 0 aliphatic carbocycles. The molecule has 1 unspecified atom stereocenters. The van der Waals surface area contributed by atoms with Crippen LogP contribution in [0.25, 0.3) is 0 Å². The molecule has 11 heavy (non-hydrogen) atoms. The molecule has 1 rings (SSSR count). The fraction of sp³-hybridized carbons (Fsp3) is 0.500. The van der Waals surface area contributed by atoms with Crippen LogP contribution in [0, 0.1) is 0 Å². The second-order valence-corrected chi connectivity index (χ2v) is 2.91. The van der Waals surface area contributed by atoms with Crippen molar-refractivity contribution in [2.24, 2.45) is 11.5 Å². The first-order valence-corrected chi connectivity index (χ1v) is 3.88. The second kappa shape index (κ2) is 2.96. The Morgan fingerprint density at radius 1 is 1.64 bits per heavy atom. The summed E-state index contributed by atoms with van der Waals surface area (Å²) in [5, 5.41) is 3.05. The lowest BCUT2D eigenvalue weighted by Crippen LogP contribution is -2.50. The van der Waals surface area contributed by atoms with E-state index in [1.54, 1.807) is 6.20 Å². The molecule has 0 radical (unpaired) electrons. The number of dihydropyridines is 1. The van der Waals surface area contributed by atoms with Crippen LogP contribution in [0.4, 0.5) is 0 Å². The van der Waals surface area contributed by atoms with Crippen LogP contribution in [0.3, 0.4) is 0 Å². The third kappa shape index (κ3) is 1.98. The molecule has 0 saturated carbocycles. The summed E-state index contributed by atoms with van der Waals surface area (Å²) in [5.41, 5.74) is 11.8. The maximum absolute atomic E-state index is 5.93. The molecule has 1 aliphatic heterocycles. The van der Waals surface area contributed by atoms with Crippen LogP contribution >= 0.6 is 0 Å². The van der Waals surface area contributed by atoms with Crippen molar-refractivity contribution < 1.29 is 0 Å². The fourth-order valence-corrected chi connectivity index (χ4v) is 1.13. The molecule has 0 bridgehead atoms. The topological polar surface area (TPSA) is 64.1 Å². The largest absolute Gasteiger partial charge is 0.398 e. The van der Waals surface area contributed by atoms with Crippen molar-refractivity contribution in [3.05, 3.63) is 24.0 Å². The van der Waals surface area contributed by atoms with Crippen LogP contribution in [-0.4, -0.2) is 5.66 Å². The maximum atomic E-state index is 5.93. The fourth-order valence-electron chi connectivity index (χ4n) is 1.13. The van der Waals surface area contributed by atoms with Gasteiger partial charge in [0, 0.05) is 11.9 Å². The second-order valence-electron chi connectivity index (χ2n) is 2.91. The van der Waals surface area contributed by atoms with Gasteiger partial charge in [0.25, 0.3) is 0 Å². The van der Waals surface area contributed by atoms with Gasteiger partial charge in [-0.15, -0.1) is 0 Å². The van der Waals surface area contributed by atoms with E-state index in [0.29, 0.717) is 0 Å². The standard InChI is InChI=1S/C8H15N3/c1-2-4-8(10)5-3-7(9)6-11-8/h3,5-6,11H,2,4,9-10H2,1H3. The van der Waals surface area contributed by atoms with E-state index in [-0.39, 0.29) is 5.66 Å². The van der Waals surface area contributed by atoms with Gasteiger partial charge in [0.1, 0.15) is 5.66 Å². The zero-order valence-electron chi connectivity index (χ0n) is 6.80. The first-order chi connectivity index (χ1) is 5.16. The van der Waals surface area contributed by atoms with Gasteiger partial charge >= 0.3 is 0 Å². The average Bonchev–Trinajstić information content (AvgIpc) is 1.97. The molecule has 0 spiro atoms. The molecule has 3 nitrogen and oxygen atoms in total. The molecule has 1 atom stereocenters. The van der Waals surface area contributed by atoms with E-state index in [4.69, 9.17) is 11.5 Å². The van der Waals surface area contributed by atoms with E-state index >= 15 is 0 Å². The highest BCUT2D eigenvalue weighted by molar-refractivity contribution is 5.24. The zero-order chi connectivity index (χ0) is 8.32. The molecule has 0 fully saturated rings. The highest BCUT2D eigenvalue weighted by Crippen LogP contribution is 2.11. The Labute approximate surface area is 67.1 Å². The number of nitrogens with two attached hydrogens (primary N) is 2. The number of nitrogens with one attached hydrogen (secondary N) is 1. The number of allylic oxidation sites excluding steroid dienone is 1. The Morgan fingerprint density at radius 3 is 2.82 bits per heavy atom. The SMILES string of the molecule is CCCC1(N)C=CC(N)=CN1. The Kier molecular flexibility index (Phi) is 2.19. The van der Waals surface area contributed by atoms with Crippen LogP contribution in [0.2, 0.25) is 0 Å². The van der Waals surface area contributed by atoms with E-state index in [2.05, 4.69) is 12.2 Å². The molecule has 0 aromatic rings. The van der Waals surface area contributed by atoms with Crippen molar-refractivity contribution in [1.82, 2.24) is 5.32 Å². The highest BCUT2D eigenvalue weighted by atomic mass is 15.1. The van der Waals surface area contributed by atoms with Gasteiger partial charge in [-0.05, 0) is 18.6 Å². The summed E-state index contributed by atoms with van der Waals surface area (Å²) < 4.78 is 0. The van der Waals surface area contributed by atoms with E-state index in [9.17, 15) is 0 Å². The molecule has 1 heterocycles. The van der Waals surface area contributed by atoms with Gasteiger partial charge in [-0.25, -0.2) is 0 Å². The summed E-state index contributed by atoms with van der Waals surface area (Å²) >= 11 is 0. The molecule has 62 valence electrons. The predicted molar refractivity (Wildman–Crippen MR) is 46.4 cm³/mol. The van der Waals surface area contributed by atoms with Crippen molar-refractivity contribution in [2.75, 3.05) is 0 Å². The Balaban J connectivity index is 2.58. The highest BCUT2D eigenvalue weighted by Gasteiger charge is 2.19. The summed E-state index contributed by atoms with van der Waals surface area (Å²) in [6.45, 7) is 2.10. The molecular formula is C8H15N3. The van der Waals surface area contributed by atoms with Gasteiger partial charge < -0.3 is 16.8 Å². The van der Waals surface area contributed by atoms with Gasteiger partial charge in [0.2, 0.25) is 0 Å². The molecule has 1 aliphatic rings. The minimum atomic E-state index is -0.377. The van der Waals surface area contributed by atoms with Crippen LogP contribution in [0.1, 0.15) is 19.8 Å². The summed E-state index contributed by atoms with van der Waals surface area (Å²) in [7, 11) is 0. The predicted octanol–water partition coefficient (Wildman–Crippen LogP) is 0.401. The molecule has 3 heteroatoms. The Morgan fingerprint density at radius 2 is 2.36 bits per heavy atom. The quantitative estimate of drug-likeness (QED) is 0.538. The minimum Gasteiger partial charge on any atom is -0.398 e. The van der Waals surface area contributed by atoms with Gasteiger partial charge in [-0.3, -0.25) is 0 Å². The van der Waals surface area contributed by atoms with Crippen molar-refractivity contribution in [2.45, 2.75) is 25.4 Å². The summed E-state index contributed by atoms with van der Waals surface area (Å²) in [6, 6.07) is 0. The molecule has 0 aromatic carbocycles. The molecule has 5 N–H and O–H groups in total. The lowest BCUT2D eigenvalue weighted by molar-refractivity contribution is 0.427. The Bertz CT molecular complexity index is 196. The van der Waals surface area contributed by atoms with E-state index in [1.807, 2.05) is 12.2 Å². The summed E-state index contributed by atoms with van der Waals surface area (Å²) in [4.78, 5) is 0. The molecule has 0 aromatic heterocycles. The molecular weight excluding hydrogens is 138 g/mol. The number of hydrogen-bond acceptors (Lipinski definition) is 3. The summed E-state index contributed by atoms with van der Waals surface area (Å²) in [5.74, 6) is 0. The van der Waals surface area contributed by atoms with Gasteiger partial charge in [-0.1, -0.05) is 13.3 Å². The summed E-state index contributed by atoms with van der Waals surface area (Å²) in [6.07, 6.45) is 7.47. The lowest BCUT2D eigenvalue weighted by Gasteiger charge is -2.28. The first-order valence-electron chi connectivity index (χ1n) is 3.88. The smallest absolute Gasteiger partial charge is 0.105 e. The third-order valence-corrected chi connectivity index (χ3v) is 1.74. The first kappa shape index (κ1) is 8.14. The van der Waals surface area contributed by atoms with E-state index in [0.717, 1.165) is 18.5 Å². The van der Waals surface area contributed by atoms with Gasteiger partial charge in [0.05, 0.1) is 0 Å². The van der Waals surface area contributed by atoms with Gasteiger partial charge in [-0.2, -0.15) is 0 Å². The van der Waals surface area contributed by atoms with Crippen LogP contribution in [0.15, 0.2) is 24.0 Å². The van der Waals surface area contributed by atoms with Crippen LogP contribution in [0.5, 0.6) is 0 Å². The maximum Gasteiger partial charge on any atom is 0.105 e. The van der Waals surface area contributed by atoms with Crippen molar-refractivity contribution in [1.29, 1.82) is 0 Å². The molecule has 0 saturated heterocycles. The van der Waals surface area contributed by atoms with Gasteiger partial charge in [0.15, 0.2) is 0 Å². The van der Waals surface area contributed by atoms with Crippen LogP contribution < -0.4 is 16.8 Å². The zero-order valence-corrected chi connectivity index (χ0v) is 6.80. The van der Waals surface area contributed by atoms with Crippen molar-refractivity contribution >= 4 is 0 Å². The van der Waals surface area contributed by atoms with E-state index < -0.39 is 0 Å². The van der Waals surface area contributed by atoms with E-state index in [1.165, 1.54) is 0 Å².